The van der Waals surface area contributed by atoms with Crippen LogP contribution in [0.3, 0.4) is 0 Å². The number of ether oxygens (including phenoxy) is 2. The molecule has 0 spiro atoms. The normalized spacial score (nSPS) is 14.2. The highest BCUT2D eigenvalue weighted by Crippen LogP contribution is 2.32. The molecule has 138 valence electrons. The molecule has 1 saturated heterocycles. The van der Waals surface area contributed by atoms with E-state index in [4.69, 9.17) is 21.1 Å². The molecule has 0 bridgehead atoms. The Kier molecular flexibility index (Phi) is 6.01. The monoisotopic (exact) mass is 374 g/mol. The van der Waals surface area contributed by atoms with Gasteiger partial charge >= 0.3 is 0 Å². The highest BCUT2D eigenvalue weighted by atomic mass is 35.5. The third kappa shape index (κ3) is 4.11. The molecule has 0 aromatic heterocycles. The topological polar surface area (TPSA) is 42.0 Å². The van der Waals surface area contributed by atoms with Crippen molar-refractivity contribution in [1.29, 1.82) is 0 Å². The molecule has 0 N–H and O–H groups in total. The first-order chi connectivity index (χ1) is 12.6. The van der Waals surface area contributed by atoms with E-state index in [-0.39, 0.29) is 5.91 Å². The van der Waals surface area contributed by atoms with Crippen LogP contribution in [0, 0.1) is 0 Å². The number of para-hydroxylation sites is 1. The molecule has 2 aromatic carbocycles. The lowest BCUT2D eigenvalue weighted by Crippen LogP contribution is -2.36. The molecule has 0 atom stereocenters. The average Bonchev–Trinajstić information content (AvgIpc) is 2.66. The molecule has 5 nitrogen and oxygen atoms in total. The molecule has 6 heteroatoms. The van der Waals surface area contributed by atoms with Crippen LogP contribution < -0.4 is 14.5 Å². The van der Waals surface area contributed by atoms with E-state index in [2.05, 4.69) is 4.90 Å². The second-order valence-electron chi connectivity index (χ2n) is 6.15. The van der Waals surface area contributed by atoms with Crippen LogP contribution in [0.4, 0.5) is 11.4 Å². The Bertz CT molecular complexity index is 775. The maximum absolute atomic E-state index is 12.3. The molecule has 1 heterocycles. The Morgan fingerprint density at radius 1 is 1.23 bits per heavy atom. The largest absolute Gasteiger partial charge is 0.496 e. The summed E-state index contributed by atoms with van der Waals surface area (Å²) in [4.78, 5) is 16.2. The summed E-state index contributed by atoms with van der Waals surface area (Å²) >= 11 is 6.53. The highest BCUT2D eigenvalue weighted by molar-refractivity contribution is 6.33. The molecule has 0 aliphatic carbocycles. The van der Waals surface area contributed by atoms with Crippen LogP contribution in [0.5, 0.6) is 5.75 Å². The van der Waals surface area contributed by atoms with E-state index in [9.17, 15) is 4.79 Å². The van der Waals surface area contributed by atoms with Gasteiger partial charge in [-0.1, -0.05) is 29.8 Å². The van der Waals surface area contributed by atoms with Crippen molar-refractivity contribution in [2.24, 2.45) is 0 Å². The third-order valence-electron chi connectivity index (χ3n) is 4.50. The highest BCUT2D eigenvalue weighted by Gasteiger charge is 2.18. The molecule has 3 rings (SSSR count). The number of nitrogens with zero attached hydrogens (tertiary/aromatic N) is 2. The van der Waals surface area contributed by atoms with Crippen molar-refractivity contribution < 1.29 is 14.3 Å². The van der Waals surface area contributed by atoms with Crippen molar-refractivity contribution in [3.63, 3.8) is 0 Å². The number of halogens is 1. The molecule has 2 aromatic rings. The Balaban J connectivity index is 1.86. The fourth-order valence-electron chi connectivity index (χ4n) is 3.11. The second kappa shape index (κ2) is 8.43. The first-order valence-electron chi connectivity index (χ1n) is 8.62. The maximum Gasteiger partial charge on any atom is 0.224 e. The number of benzene rings is 2. The van der Waals surface area contributed by atoms with E-state index in [0.29, 0.717) is 24.8 Å². The summed E-state index contributed by atoms with van der Waals surface area (Å²) in [5.74, 6) is 0.709. The predicted molar refractivity (Wildman–Crippen MR) is 104 cm³/mol. The van der Waals surface area contributed by atoms with Gasteiger partial charge in [0.2, 0.25) is 5.91 Å². The van der Waals surface area contributed by atoms with Gasteiger partial charge in [-0.15, -0.1) is 0 Å². The summed E-state index contributed by atoms with van der Waals surface area (Å²) in [6.07, 6.45) is 0. The van der Waals surface area contributed by atoms with Gasteiger partial charge in [0.05, 0.1) is 37.6 Å². The third-order valence-corrected chi connectivity index (χ3v) is 4.80. The van der Waals surface area contributed by atoms with Crippen LogP contribution in [0.2, 0.25) is 5.02 Å². The molecular weight excluding hydrogens is 352 g/mol. The van der Waals surface area contributed by atoms with Gasteiger partial charge in [0.1, 0.15) is 5.75 Å². The second-order valence-corrected chi connectivity index (χ2v) is 6.56. The number of methoxy groups -OCH3 is 1. The van der Waals surface area contributed by atoms with Crippen molar-refractivity contribution in [3.05, 3.63) is 53.1 Å². The van der Waals surface area contributed by atoms with Crippen molar-refractivity contribution in [2.75, 3.05) is 43.2 Å². The minimum atomic E-state index is -0.0499. The lowest BCUT2D eigenvalue weighted by atomic mass is 10.1. The molecule has 0 radical (unpaired) electrons. The van der Waals surface area contributed by atoms with Gasteiger partial charge in [0.15, 0.2) is 0 Å². The molecule has 1 amide bonds. The fraction of sp³-hybridized carbons (Fsp3) is 0.350. The minimum absolute atomic E-state index is 0.0499. The zero-order valence-electron chi connectivity index (χ0n) is 15.1. The number of anilines is 2. The number of hydrogen-bond donors (Lipinski definition) is 0. The SMILES string of the molecule is COc1ccccc1CN(C(C)=O)c1ccc(N2CCOCC2)c(Cl)c1. The maximum atomic E-state index is 12.3. The number of hydrogen-bond acceptors (Lipinski definition) is 4. The summed E-state index contributed by atoms with van der Waals surface area (Å²) in [5, 5.41) is 0.635. The summed E-state index contributed by atoms with van der Waals surface area (Å²) in [7, 11) is 1.63. The summed E-state index contributed by atoms with van der Waals surface area (Å²) in [6.45, 7) is 5.01. The molecular formula is C20H23ClN2O3. The lowest BCUT2D eigenvalue weighted by Gasteiger charge is -2.30. The van der Waals surface area contributed by atoms with E-state index in [1.807, 2.05) is 42.5 Å². The number of carbonyl (C=O) groups is 1. The molecule has 26 heavy (non-hydrogen) atoms. The number of rotatable bonds is 5. The molecule has 1 fully saturated rings. The number of carbonyl (C=O) groups excluding carboxylic acids is 1. The van der Waals surface area contributed by atoms with Gasteiger partial charge in [-0.05, 0) is 24.3 Å². The van der Waals surface area contributed by atoms with E-state index >= 15 is 0 Å². The average molecular weight is 375 g/mol. The summed E-state index contributed by atoms with van der Waals surface area (Å²) < 4.78 is 10.8. The smallest absolute Gasteiger partial charge is 0.224 e. The summed E-state index contributed by atoms with van der Waals surface area (Å²) in [5.41, 5.74) is 2.68. The van der Waals surface area contributed by atoms with Gasteiger partial charge in [0, 0.05) is 31.3 Å². The number of amides is 1. The lowest BCUT2D eigenvalue weighted by molar-refractivity contribution is -0.116. The zero-order valence-corrected chi connectivity index (χ0v) is 15.8. The molecule has 1 aliphatic rings. The van der Waals surface area contributed by atoms with Gasteiger partial charge in [-0.3, -0.25) is 4.79 Å². The van der Waals surface area contributed by atoms with Crippen LogP contribution in [-0.2, 0) is 16.1 Å². The van der Waals surface area contributed by atoms with E-state index in [1.165, 1.54) is 0 Å². The van der Waals surface area contributed by atoms with Gasteiger partial charge < -0.3 is 19.3 Å². The van der Waals surface area contributed by atoms with Crippen molar-refractivity contribution in [2.45, 2.75) is 13.5 Å². The predicted octanol–water partition coefficient (Wildman–Crippen LogP) is 3.74. The quantitative estimate of drug-likeness (QED) is 0.799. The van der Waals surface area contributed by atoms with E-state index in [0.717, 1.165) is 35.8 Å². The standard InChI is InChI=1S/C20H23ClN2O3/c1-15(24)23(14-16-5-3-4-6-20(16)25-2)17-7-8-19(18(21)13-17)22-9-11-26-12-10-22/h3-8,13H,9-12,14H2,1-2H3. The Morgan fingerprint density at radius 2 is 1.96 bits per heavy atom. The van der Waals surface area contributed by atoms with Crippen molar-refractivity contribution >= 4 is 28.9 Å². The van der Waals surface area contributed by atoms with E-state index in [1.54, 1.807) is 18.9 Å². The zero-order chi connectivity index (χ0) is 18.5. The van der Waals surface area contributed by atoms with Crippen LogP contribution in [0.1, 0.15) is 12.5 Å². The Labute approximate surface area is 159 Å². The first kappa shape index (κ1) is 18.5. The van der Waals surface area contributed by atoms with Crippen LogP contribution in [0.25, 0.3) is 0 Å². The van der Waals surface area contributed by atoms with Crippen LogP contribution >= 0.6 is 11.6 Å². The van der Waals surface area contributed by atoms with Crippen molar-refractivity contribution in [3.8, 4) is 5.75 Å². The van der Waals surface area contributed by atoms with Crippen molar-refractivity contribution in [1.82, 2.24) is 0 Å². The first-order valence-corrected chi connectivity index (χ1v) is 9.00. The summed E-state index contributed by atoms with van der Waals surface area (Å²) in [6, 6.07) is 13.5. The number of morpholine rings is 1. The molecule has 1 aliphatic heterocycles. The minimum Gasteiger partial charge on any atom is -0.496 e. The van der Waals surface area contributed by atoms with Gasteiger partial charge in [-0.25, -0.2) is 0 Å². The Morgan fingerprint density at radius 3 is 2.62 bits per heavy atom. The Hall–Kier alpha value is -2.24. The van der Waals surface area contributed by atoms with Crippen LogP contribution in [-0.4, -0.2) is 39.3 Å². The van der Waals surface area contributed by atoms with Gasteiger partial charge in [0.25, 0.3) is 0 Å². The van der Waals surface area contributed by atoms with Crippen LogP contribution in [0.15, 0.2) is 42.5 Å². The molecule has 0 unspecified atom stereocenters. The van der Waals surface area contributed by atoms with Gasteiger partial charge in [-0.2, -0.15) is 0 Å². The fourth-order valence-corrected chi connectivity index (χ4v) is 3.41. The van der Waals surface area contributed by atoms with E-state index < -0.39 is 0 Å². The molecule has 0 saturated carbocycles.